The van der Waals surface area contributed by atoms with Crippen LogP contribution in [0.4, 0.5) is 0 Å². The maximum Gasteiger partial charge on any atom is 0.344 e. The van der Waals surface area contributed by atoms with E-state index < -0.39 is 18.0 Å². The summed E-state index contributed by atoms with van der Waals surface area (Å²) in [5, 5.41) is 28.9. The summed E-state index contributed by atoms with van der Waals surface area (Å²) in [7, 11) is 0. The van der Waals surface area contributed by atoms with Crippen LogP contribution in [0, 0.1) is 17.8 Å². The summed E-state index contributed by atoms with van der Waals surface area (Å²) >= 11 is 0. The third kappa shape index (κ3) is 9.52. The Bertz CT molecular complexity index is 887. The van der Waals surface area contributed by atoms with Crippen LogP contribution in [0.15, 0.2) is 18.2 Å². The van der Waals surface area contributed by atoms with E-state index in [4.69, 9.17) is 24.1 Å². The number of ether oxygens (including phenoxy) is 4. The molecule has 214 valence electrons. The van der Waals surface area contributed by atoms with Crippen LogP contribution in [0.3, 0.4) is 0 Å². The van der Waals surface area contributed by atoms with Gasteiger partial charge in [-0.25, -0.2) is 4.79 Å². The standard InChI is InChI=1S/C29H44O9/c1-19(30)6-3-4-8-23-24-14-21-7-5-9-27(25(21)15-22(24)16-26(23)31)37-18-29(34)38-20(2)17-36-13-12-35-11-10-28(32)33/h5,7,9,19-20,22-24,26,30-31H,3-4,6,8,10-18H2,1-2H3,(H,32,33)/t19?,20?,22-,23+,24-,26+/m0/s1. The fourth-order valence-electron chi connectivity index (χ4n) is 5.82. The topological polar surface area (TPSA) is 132 Å². The van der Waals surface area contributed by atoms with E-state index in [1.54, 1.807) is 6.92 Å². The van der Waals surface area contributed by atoms with E-state index in [-0.39, 0.29) is 51.7 Å². The van der Waals surface area contributed by atoms with Gasteiger partial charge in [-0.05, 0) is 80.9 Å². The molecule has 6 atom stereocenters. The zero-order valence-electron chi connectivity index (χ0n) is 22.7. The third-order valence-electron chi connectivity index (χ3n) is 7.62. The number of unbranched alkanes of at least 4 members (excludes halogenated alkanes) is 1. The van der Waals surface area contributed by atoms with E-state index in [2.05, 4.69) is 6.07 Å². The number of hydrogen-bond donors (Lipinski definition) is 3. The molecule has 38 heavy (non-hydrogen) atoms. The summed E-state index contributed by atoms with van der Waals surface area (Å²) in [5.74, 6) is 0.473. The maximum atomic E-state index is 12.3. The lowest BCUT2D eigenvalue weighted by Crippen LogP contribution is -2.28. The molecule has 1 aromatic rings. The zero-order chi connectivity index (χ0) is 27.5. The number of carbonyl (C=O) groups excluding carboxylic acids is 1. The minimum absolute atomic E-state index is 0.0477. The Morgan fingerprint density at radius 3 is 2.63 bits per heavy atom. The van der Waals surface area contributed by atoms with Gasteiger partial charge < -0.3 is 34.3 Å². The van der Waals surface area contributed by atoms with Crippen LogP contribution in [0.25, 0.3) is 0 Å². The number of fused-ring (bicyclic) bond motifs is 2. The number of rotatable bonds is 17. The van der Waals surface area contributed by atoms with E-state index in [0.29, 0.717) is 23.5 Å². The molecule has 0 heterocycles. The minimum atomic E-state index is -0.907. The van der Waals surface area contributed by atoms with Crippen molar-refractivity contribution in [3.8, 4) is 5.75 Å². The second-order valence-electron chi connectivity index (χ2n) is 10.7. The van der Waals surface area contributed by atoms with E-state index in [9.17, 15) is 19.8 Å². The molecule has 3 N–H and O–H groups in total. The van der Waals surface area contributed by atoms with Crippen molar-refractivity contribution < 1.29 is 43.9 Å². The Balaban J connectivity index is 1.41. The fraction of sp³-hybridized carbons (Fsp3) is 0.724. The highest BCUT2D eigenvalue weighted by Crippen LogP contribution is 2.48. The number of aliphatic hydroxyl groups is 2. The summed E-state index contributed by atoms with van der Waals surface area (Å²) in [6.07, 6.45) is 5.30. The van der Waals surface area contributed by atoms with E-state index in [0.717, 1.165) is 50.5 Å². The molecule has 0 bridgehead atoms. The van der Waals surface area contributed by atoms with Gasteiger partial charge >= 0.3 is 11.9 Å². The van der Waals surface area contributed by atoms with Crippen LogP contribution in [-0.4, -0.2) is 78.6 Å². The number of carboxylic acids is 1. The minimum Gasteiger partial charge on any atom is -0.482 e. The third-order valence-corrected chi connectivity index (χ3v) is 7.62. The Kier molecular flexibility index (Phi) is 12.3. The monoisotopic (exact) mass is 536 g/mol. The van der Waals surface area contributed by atoms with Gasteiger partial charge in [-0.1, -0.05) is 25.0 Å². The number of esters is 1. The van der Waals surface area contributed by atoms with Crippen molar-refractivity contribution in [3.05, 3.63) is 29.3 Å². The highest BCUT2D eigenvalue weighted by atomic mass is 16.6. The van der Waals surface area contributed by atoms with Crippen molar-refractivity contribution in [2.75, 3.05) is 33.0 Å². The number of hydrogen-bond acceptors (Lipinski definition) is 8. The van der Waals surface area contributed by atoms with Crippen molar-refractivity contribution in [2.45, 2.75) is 83.5 Å². The molecule has 0 radical (unpaired) electrons. The first kappa shape index (κ1) is 30.3. The van der Waals surface area contributed by atoms with Crippen molar-refractivity contribution >= 4 is 11.9 Å². The molecule has 0 aromatic heterocycles. The molecular weight excluding hydrogens is 492 g/mol. The fourth-order valence-corrected chi connectivity index (χ4v) is 5.82. The summed E-state index contributed by atoms with van der Waals surface area (Å²) in [6, 6.07) is 5.97. The SMILES string of the molecule is CC(O)CCCC[C@@H]1[C@H]2Cc3cccc(OCC(=O)OC(C)COCCOCCC(=O)O)c3C[C@H]2C[C@H]1O. The highest BCUT2D eigenvalue weighted by molar-refractivity contribution is 5.71. The Hall–Kier alpha value is -2.20. The van der Waals surface area contributed by atoms with Crippen LogP contribution in [0.5, 0.6) is 5.75 Å². The maximum absolute atomic E-state index is 12.3. The molecule has 3 rings (SSSR count). The smallest absolute Gasteiger partial charge is 0.344 e. The summed E-state index contributed by atoms with van der Waals surface area (Å²) in [5.41, 5.74) is 2.36. The molecule has 2 aliphatic carbocycles. The molecule has 2 unspecified atom stereocenters. The van der Waals surface area contributed by atoms with Crippen molar-refractivity contribution in [1.82, 2.24) is 0 Å². The number of benzene rings is 1. The number of aliphatic carboxylic acids is 1. The average molecular weight is 537 g/mol. The molecule has 9 nitrogen and oxygen atoms in total. The largest absolute Gasteiger partial charge is 0.482 e. The molecule has 0 amide bonds. The molecular formula is C29H44O9. The van der Waals surface area contributed by atoms with Gasteiger partial charge in [0.2, 0.25) is 0 Å². The Labute approximate surface area is 225 Å². The number of carbonyl (C=O) groups is 2. The second-order valence-corrected chi connectivity index (χ2v) is 10.7. The Morgan fingerprint density at radius 1 is 1.08 bits per heavy atom. The van der Waals surface area contributed by atoms with E-state index >= 15 is 0 Å². The summed E-state index contributed by atoms with van der Waals surface area (Å²) < 4.78 is 21.8. The van der Waals surface area contributed by atoms with E-state index in [1.165, 1.54) is 5.56 Å². The highest BCUT2D eigenvalue weighted by Gasteiger charge is 2.44. The quantitative estimate of drug-likeness (QED) is 0.203. The molecule has 2 aliphatic rings. The summed E-state index contributed by atoms with van der Waals surface area (Å²) in [4.78, 5) is 22.8. The molecule has 0 spiro atoms. The average Bonchev–Trinajstić information content (AvgIpc) is 3.16. The molecule has 1 aromatic carbocycles. The van der Waals surface area contributed by atoms with Crippen LogP contribution >= 0.6 is 0 Å². The van der Waals surface area contributed by atoms with Crippen LogP contribution in [-0.2, 0) is 36.6 Å². The molecule has 0 aliphatic heterocycles. The van der Waals surface area contributed by atoms with Crippen molar-refractivity contribution in [1.29, 1.82) is 0 Å². The van der Waals surface area contributed by atoms with Gasteiger partial charge in [0.15, 0.2) is 6.61 Å². The molecule has 9 heteroatoms. The summed E-state index contributed by atoms with van der Waals surface area (Å²) in [6.45, 7) is 4.27. The van der Waals surface area contributed by atoms with E-state index in [1.807, 2.05) is 19.1 Å². The van der Waals surface area contributed by atoms with Gasteiger partial charge in [0.05, 0.1) is 45.1 Å². The van der Waals surface area contributed by atoms with Gasteiger partial charge in [-0.3, -0.25) is 4.79 Å². The van der Waals surface area contributed by atoms with Crippen LogP contribution < -0.4 is 4.74 Å². The first-order valence-electron chi connectivity index (χ1n) is 13.9. The predicted octanol–water partition coefficient (Wildman–Crippen LogP) is 3.16. The van der Waals surface area contributed by atoms with Gasteiger partial charge in [0, 0.05) is 0 Å². The zero-order valence-corrected chi connectivity index (χ0v) is 22.7. The van der Waals surface area contributed by atoms with Crippen LogP contribution in [0.2, 0.25) is 0 Å². The first-order chi connectivity index (χ1) is 18.2. The number of aliphatic hydroxyl groups excluding tert-OH is 2. The normalized spacial score (nSPS) is 23.8. The second kappa shape index (κ2) is 15.4. The lowest BCUT2D eigenvalue weighted by molar-refractivity contribution is -0.153. The van der Waals surface area contributed by atoms with Gasteiger partial charge in [-0.15, -0.1) is 0 Å². The lowest BCUT2D eigenvalue weighted by atomic mass is 9.73. The number of carboxylic acid groups (broad SMARTS) is 1. The molecule has 1 fully saturated rings. The van der Waals surface area contributed by atoms with Gasteiger partial charge in [0.25, 0.3) is 0 Å². The first-order valence-corrected chi connectivity index (χ1v) is 13.9. The predicted molar refractivity (Wildman–Crippen MR) is 140 cm³/mol. The van der Waals surface area contributed by atoms with Gasteiger partial charge in [0.1, 0.15) is 11.9 Å². The lowest BCUT2D eigenvalue weighted by Gasteiger charge is -2.32. The van der Waals surface area contributed by atoms with Crippen molar-refractivity contribution in [3.63, 3.8) is 0 Å². The van der Waals surface area contributed by atoms with Gasteiger partial charge in [-0.2, -0.15) is 0 Å². The molecule has 1 saturated carbocycles. The Morgan fingerprint density at radius 2 is 1.87 bits per heavy atom. The van der Waals surface area contributed by atoms with Crippen molar-refractivity contribution in [2.24, 2.45) is 17.8 Å². The molecule has 0 saturated heterocycles. The van der Waals surface area contributed by atoms with Crippen LogP contribution in [0.1, 0.15) is 63.5 Å².